The summed E-state index contributed by atoms with van der Waals surface area (Å²) in [6.45, 7) is 1.35. The number of ether oxygens (including phenoxy) is 3. The van der Waals surface area contributed by atoms with Gasteiger partial charge in [0.1, 0.15) is 6.10 Å². The van der Waals surface area contributed by atoms with Crippen molar-refractivity contribution in [2.75, 3.05) is 39.4 Å². The van der Waals surface area contributed by atoms with E-state index in [1.54, 1.807) is 0 Å². The van der Waals surface area contributed by atoms with Gasteiger partial charge >= 0.3 is 0 Å². The van der Waals surface area contributed by atoms with Gasteiger partial charge in [-0.3, -0.25) is 0 Å². The third-order valence-corrected chi connectivity index (χ3v) is 7.41. The van der Waals surface area contributed by atoms with Gasteiger partial charge < -0.3 is 61.8 Å². The number of hydrogen-bond donors (Lipinski definition) is 9. The highest BCUT2D eigenvalue weighted by molar-refractivity contribution is 4.96. The molecule has 3 rings (SSSR count). The highest BCUT2D eigenvalue weighted by atomic mass is 16.7. The lowest BCUT2D eigenvalue weighted by atomic mass is 9.83. The highest BCUT2D eigenvalue weighted by Crippen LogP contribution is 2.33. The number of nitrogens with one attached hydrogen (secondary N) is 2. The lowest BCUT2D eigenvalue weighted by Gasteiger charge is -2.44. The summed E-state index contributed by atoms with van der Waals surface area (Å²) in [6.07, 6.45) is -0.684. The fourth-order valence-electron chi connectivity index (χ4n) is 5.40. The molecule has 1 saturated heterocycles. The van der Waals surface area contributed by atoms with Crippen molar-refractivity contribution in [1.82, 2.24) is 10.6 Å². The normalized spacial score (nSPS) is 41.2. The molecule has 3 aliphatic rings. The first-order chi connectivity index (χ1) is 16.8. The summed E-state index contributed by atoms with van der Waals surface area (Å²) in [5.41, 5.74) is 12.1. The molecule has 0 aromatic heterocycles. The van der Waals surface area contributed by atoms with Crippen LogP contribution in [0.4, 0.5) is 0 Å². The predicted molar refractivity (Wildman–Crippen MR) is 127 cm³/mol. The molecule has 0 spiro atoms. The van der Waals surface area contributed by atoms with Gasteiger partial charge in [0.05, 0.1) is 49.8 Å². The maximum absolute atomic E-state index is 10.4. The van der Waals surface area contributed by atoms with Gasteiger partial charge in [0.25, 0.3) is 0 Å². The van der Waals surface area contributed by atoms with E-state index in [4.69, 9.17) is 30.8 Å². The lowest BCUT2D eigenvalue weighted by molar-refractivity contribution is -0.218. The Bertz CT molecular complexity index is 608. The molecule has 0 aromatic carbocycles. The Morgan fingerprint density at radius 1 is 1.03 bits per heavy atom. The number of aliphatic hydroxyl groups excluding tert-OH is 5. The number of hydrogen-bond acceptors (Lipinski definition) is 12. The van der Waals surface area contributed by atoms with E-state index >= 15 is 0 Å². The van der Waals surface area contributed by atoms with Crippen LogP contribution in [0.1, 0.15) is 38.5 Å². The van der Waals surface area contributed by atoms with Crippen LogP contribution in [0.2, 0.25) is 0 Å². The molecule has 12 heteroatoms. The zero-order valence-corrected chi connectivity index (χ0v) is 20.5. The average Bonchev–Trinajstić information content (AvgIpc) is 3.20. The number of aliphatic hydroxyl groups is 5. The molecule has 0 radical (unpaired) electrons. The molecule has 0 amide bonds. The first-order valence-electron chi connectivity index (χ1n) is 13.0. The fourth-order valence-corrected chi connectivity index (χ4v) is 5.40. The van der Waals surface area contributed by atoms with E-state index in [2.05, 4.69) is 10.6 Å². The average molecular weight is 507 g/mol. The third kappa shape index (κ3) is 8.52. The Balaban J connectivity index is 1.63. The minimum atomic E-state index is -0.803. The summed E-state index contributed by atoms with van der Waals surface area (Å²) in [4.78, 5) is 0. The molecule has 8 unspecified atom stereocenters. The topological polar surface area (TPSA) is 205 Å². The molecule has 206 valence electrons. The zero-order chi connectivity index (χ0) is 25.4. The quantitative estimate of drug-likeness (QED) is 0.113. The standard InChI is InChI=1S/C23H46N4O8/c24-9-15(30)11-27-14-6-17(25)23(20(7-14)34-22-8-19(32)21(12-29)35-22)33-16-1-2-18(31)13(5-16)10-26-3-4-28/h13-23,26-32H,1-12,24-25H2/t13?,14?,15?,16-,17?,18?,19+,20?,21?,22?,23-/m1/s1. The molecule has 0 aromatic rings. The molecular weight excluding hydrogens is 460 g/mol. The fraction of sp³-hybridized carbons (Fsp3) is 1.00. The van der Waals surface area contributed by atoms with Crippen LogP contribution in [-0.2, 0) is 14.2 Å². The van der Waals surface area contributed by atoms with Crippen molar-refractivity contribution in [3.8, 4) is 0 Å². The van der Waals surface area contributed by atoms with Gasteiger partial charge in [-0.05, 0) is 38.0 Å². The monoisotopic (exact) mass is 506 g/mol. The van der Waals surface area contributed by atoms with Gasteiger partial charge in [0.2, 0.25) is 0 Å². The van der Waals surface area contributed by atoms with E-state index in [-0.39, 0.29) is 50.3 Å². The summed E-state index contributed by atoms with van der Waals surface area (Å²) in [6, 6.07) is -0.348. The van der Waals surface area contributed by atoms with Crippen LogP contribution in [0.25, 0.3) is 0 Å². The Kier molecular flexibility index (Phi) is 12.0. The second-order valence-corrected chi connectivity index (χ2v) is 10.2. The second-order valence-electron chi connectivity index (χ2n) is 10.2. The zero-order valence-electron chi connectivity index (χ0n) is 20.5. The first kappa shape index (κ1) is 29.1. The van der Waals surface area contributed by atoms with Crippen molar-refractivity contribution in [3.05, 3.63) is 0 Å². The van der Waals surface area contributed by atoms with Crippen LogP contribution in [0.15, 0.2) is 0 Å². The van der Waals surface area contributed by atoms with E-state index in [9.17, 15) is 20.4 Å². The Labute approximate surface area is 207 Å². The van der Waals surface area contributed by atoms with Gasteiger partial charge in [0.15, 0.2) is 6.29 Å². The van der Waals surface area contributed by atoms with Crippen molar-refractivity contribution in [1.29, 1.82) is 0 Å². The third-order valence-electron chi connectivity index (χ3n) is 7.41. The second kappa shape index (κ2) is 14.5. The molecule has 0 bridgehead atoms. The van der Waals surface area contributed by atoms with Gasteiger partial charge in [-0.1, -0.05) is 0 Å². The van der Waals surface area contributed by atoms with Gasteiger partial charge in [0, 0.05) is 44.7 Å². The first-order valence-corrected chi connectivity index (χ1v) is 13.0. The van der Waals surface area contributed by atoms with Crippen molar-refractivity contribution < 1.29 is 39.7 Å². The van der Waals surface area contributed by atoms with Crippen LogP contribution < -0.4 is 22.1 Å². The molecule has 12 nitrogen and oxygen atoms in total. The van der Waals surface area contributed by atoms with E-state index < -0.39 is 42.9 Å². The van der Waals surface area contributed by atoms with Gasteiger partial charge in [-0.15, -0.1) is 0 Å². The van der Waals surface area contributed by atoms with Crippen LogP contribution in [-0.4, -0.2) is 126 Å². The molecule has 3 fully saturated rings. The molecule has 35 heavy (non-hydrogen) atoms. The predicted octanol–water partition coefficient (Wildman–Crippen LogP) is -3.26. The molecule has 1 heterocycles. The van der Waals surface area contributed by atoms with Crippen molar-refractivity contribution >= 4 is 0 Å². The smallest absolute Gasteiger partial charge is 0.161 e. The number of rotatable bonds is 13. The van der Waals surface area contributed by atoms with E-state index in [1.807, 2.05) is 0 Å². The molecule has 11 N–H and O–H groups in total. The lowest BCUT2D eigenvalue weighted by Crippen LogP contribution is -2.58. The van der Waals surface area contributed by atoms with E-state index in [1.165, 1.54) is 0 Å². The molecule has 11 atom stereocenters. The van der Waals surface area contributed by atoms with Crippen LogP contribution in [0.3, 0.4) is 0 Å². The van der Waals surface area contributed by atoms with E-state index in [0.717, 1.165) is 0 Å². The van der Waals surface area contributed by atoms with Crippen LogP contribution in [0, 0.1) is 5.92 Å². The molecular formula is C23H46N4O8. The molecule has 2 saturated carbocycles. The Hall–Kier alpha value is -0.480. The van der Waals surface area contributed by atoms with Crippen LogP contribution >= 0.6 is 0 Å². The minimum Gasteiger partial charge on any atom is -0.395 e. The maximum Gasteiger partial charge on any atom is 0.161 e. The summed E-state index contributed by atoms with van der Waals surface area (Å²) < 4.78 is 18.5. The van der Waals surface area contributed by atoms with Crippen molar-refractivity contribution in [3.63, 3.8) is 0 Å². The largest absolute Gasteiger partial charge is 0.395 e. The summed E-state index contributed by atoms with van der Waals surface area (Å²) >= 11 is 0. The van der Waals surface area contributed by atoms with Crippen LogP contribution in [0.5, 0.6) is 0 Å². The van der Waals surface area contributed by atoms with Crippen molar-refractivity contribution in [2.45, 2.75) is 99.6 Å². The van der Waals surface area contributed by atoms with Gasteiger partial charge in [-0.2, -0.15) is 0 Å². The number of nitrogens with two attached hydrogens (primary N) is 2. The summed E-state index contributed by atoms with van der Waals surface area (Å²) in [5.74, 6) is 0.0188. The summed E-state index contributed by atoms with van der Waals surface area (Å²) in [5, 5.41) is 55.3. The van der Waals surface area contributed by atoms with Crippen molar-refractivity contribution in [2.24, 2.45) is 17.4 Å². The maximum atomic E-state index is 10.4. The van der Waals surface area contributed by atoms with Gasteiger partial charge in [-0.25, -0.2) is 0 Å². The molecule has 1 aliphatic heterocycles. The highest BCUT2D eigenvalue weighted by Gasteiger charge is 2.44. The summed E-state index contributed by atoms with van der Waals surface area (Å²) in [7, 11) is 0. The molecule has 2 aliphatic carbocycles. The Morgan fingerprint density at radius 3 is 2.51 bits per heavy atom. The SMILES string of the molecule is NCC(O)CNC1CC(N)[C@@H](O[C@@H]2CCC(O)C(CNCCO)C2)C(OC2C[C@H](O)C(CO)O2)C1. The Morgan fingerprint density at radius 2 is 1.83 bits per heavy atom. The van der Waals surface area contributed by atoms with E-state index in [0.29, 0.717) is 51.7 Å². The minimum absolute atomic E-state index is 0.0142.